The van der Waals surface area contributed by atoms with E-state index in [0.29, 0.717) is 10.0 Å². The van der Waals surface area contributed by atoms with Crippen molar-refractivity contribution in [2.24, 2.45) is 0 Å². The maximum absolute atomic E-state index is 6.25. The zero-order chi connectivity index (χ0) is 13.4. The molecule has 96 valence electrons. The lowest BCUT2D eigenvalue weighted by atomic mass is 10.1. The lowest BCUT2D eigenvalue weighted by molar-refractivity contribution is 1.26. The fraction of sp³-hybridized carbons (Fsp3) is 0.0714. The van der Waals surface area contributed by atoms with Crippen LogP contribution < -0.4 is 0 Å². The number of thiophene rings is 1. The summed E-state index contributed by atoms with van der Waals surface area (Å²) in [5.41, 5.74) is 3.75. The fourth-order valence-corrected chi connectivity index (χ4v) is 2.98. The molecule has 0 saturated heterocycles. The van der Waals surface area contributed by atoms with Gasteiger partial charge in [0.2, 0.25) is 0 Å². The molecule has 0 aliphatic carbocycles. The van der Waals surface area contributed by atoms with Gasteiger partial charge in [0, 0.05) is 22.2 Å². The number of nitrogens with one attached hydrogen (secondary N) is 1. The third kappa shape index (κ3) is 2.29. The molecule has 0 aliphatic rings. The summed E-state index contributed by atoms with van der Waals surface area (Å²) >= 11 is 13.9. The lowest BCUT2D eigenvalue weighted by Gasteiger charge is -2.03. The van der Waals surface area contributed by atoms with Gasteiger partial charge in [-0.25, -0.2) is 4.98 Å². The standard InChI is InChI=1S/C14H10Cl2N2S/c1-8-13(10-3-2-4-11(15)12(10)16)18-14(17-8)9-5-6-19-7-9/h2-7H,1H3,(H,17,18). The van der Waals surface area contributed by atoms with E-state index in [0.717, 1.165) is 28.3 Å². The van der Waals surface area contributed by atoms with Crippen LogP contribution in [0.4, 0.5) is 0 Å². The number of imidazole rings is 1. The van der Waals surface area contributed by atoms with Gasteiger partial charge in [-0.2, -0.15) is 11.3 Å². The summed E-state index contributed by atoms with van der Waals surface area (Å²) in [6.07, 6.45) is 0. The quantitative estimate of drug-likeness (QED) is 0.672. The number of rotatable bonds is 2. The van der Waals surface area contributed by atoms with E-state index in [9.17, 15) is 0 Å². The van der Waals surface area contributed by atoms with E-state index in [4.69, 9.17) is 23.2 Å². The molecule has 2 aromatic heterocycles. The Bertz CT molecular complexity index is 717. The molecule has 0 fully saturated rings. The Labute approximate surface area is 125 Å². The van der Waals surface area contributed by atoms with Crippen LogP contribution in [-0.4, -0.2) is 9.97 Å². The number of aryl methyl sites for hydroxylation is 1. The zero-order valence-electron chi connectivity index (χ0n) is 10.1. The average Bonchev–Trinajstić information content (AvgIpc) is 3.02. The van der Waals surface area contributed by atoms with Gasteiger partial charge in [-0.05, 0) is 24.4 Å². The van der Waals surface area contributed by atoms with Crippen LogP contribution in [0.25, 0.3) is 22.6 Å². The third-order valence-electron chi connectivity index (χ3n) is 2.89. The number of hydrogen-bond donors (Lipinski definition) is 1. The van der Waals surface area contributed by atoms with E-state index in [1.165, 1.54) is 0 Å². The first-order valence-corrected chi connectivity index (χ1v) is 7.40. The van der Waals surface area contributed by atoms with Crippen molar-refractivity contribution in [2.45, 2.75) is 6.92 Å². The molecule has 0 saturated carbocycles. The first-order chi connectivity index (χ1) is 9.16. The maximum atomic E-state index is 6.25. The van der Waals surface area contributed by atoms with Crippen LogP contribution in [0, 0.1) is 6.92 Å². The van der Waals surface area contributed by atoms with Gasteiger partial charge in [0.15, 0.2) is 0 Å². The SMILES string of the molecule is Cc1[nH]c(-c2ccsc2)nc1-c1cccc(Cl)c1Cl. The molecular formula is C14H10Cl2N2S. The molecule has 19 heavy (non-hydrogen) atoms. The van der Waals surface area contributed by atoms with Crippen LogP contribution in [0.5, 0.6) is 0 Å². The molecule has 2 heterocycles. The predicted octanol–water partition coefficient (Wildman–Crippen LogP) is 5.42. The number of hydrogen-bond acceptors (Lipinski definition) is 2. The van der Waals surface area contributed by atoms with Crippen LogP contribution in [-0.2, 0) is 0 Å². The summed E-state index contributed by atoms with van der Waals surface area (Å²) in [5, 5.41) is 5.16. The molecular weight excluding hydrogens is 299 g/mol. The number of benzene rings is 1. The summed E-state index contributed by atoms with van der Waals surface area (Å²) in [6.45, 7) is 1.98. The Morgan fingerprint density at radius 2 is 2.05 bits per heavy atom. The van der Waals surface area contributed by atoms with Crippen molar-refractivity contribution < 1.29 is 0 Å². The molecule has 3 rings (SSSR count). The highest BCUT2D eigenvalue weighted by Crippen LogP contribution is 2.35. The molecule has 0 atom stereocenters. The molecule has 0 spiro atoms. The summed E-state index contributed by atoms with van der Waals surface area (Å²) < 4.78 is 0. The van der Waals surface area contributed by atoms with Crippen LogP contribution in [0.1, 0.15) is 5.69 Å². The second kappa shape index (κ2) is 5.00. The van der Waals surface area contributed by atoms with Gasteiger partial charge >= 0.3 is 0 Å². The van der Waals surface area contributed by atoms with Crippen molar-refractivity contribution in [2.75, 3.05) is 0 Å². The van der Waals surface area contributed by atoms with Crippen LogP contribution in [0.3, 0.4) is 0 Å². The molecule has 0 radical (unpaired) electrons. The smallest absolute Gasteiger partial charge is 0.139 e. The molecule has 1 N–H and O–H groups in total. The molecule has 1 aromatic carbocycles. The molecule has 0 bridgehead atoms. The van der Waals surface area contributed by atoms with Gasteiger partial charge in [0.1, 0.15) is 5.82 Å². The van der Waals surface area contributed by atoms with E-state index >= 15 is 0 Å². The van der Waals surface area contributed by atoms with E-state index in [-0.39, 0.29) is 0 Å². The molecule has 0 amide bonds. The monoisotopic (exact) mass is 308 g/mol. The number of halogens is 2. The molecule has 0 aliphatic heterocycles. The summed E-state index contributed by atoms with van der Waals surface area (Å²) in [5.74, 6) is 0.852. The minimum absolute atomic E-state index is 0.538. The van der Waals surface area contributed by atoms with Gasteiger partial charge in [-0.3, -0.25) is 0 Å². The normalized spacial score (nSPS) is 10.9. The highest BCUT2D eigenvalue weighted by Gasteiger charge is 2.14. The topological polar surface area (TPSA) is 28.7 Å². The highest BCUT2D eigenvalue weighted by atomic mass is 35.5. The van der Waals surface area contributed by atoms with Gasteiger partial charge in [-0.15, -0.1) is 0 Å². The summed E-state index contributed by atoms with van der Waals surface area (Å²) in [4.78, 5) is 7.92. The Morgan fingerprint density at radius 3 is 2.79 bits per heavy atom. The van der Waals surface area contributed by atoms with E-state index in [1.54, 1.807) is 17.4 Å². The van der Waals surface area contributed by atoms with Crippen molar-refractivity contribution in [3.8, 4) is 22.6 Å². The Kier molecular flexibility index (Phi) is 3.35. The fourth-order valence-electron chi connectivity index (χ4n) is 1.95. The van der Waals surface area contributed by atoms with Crippen LogP contribution in [0.2, 0.25) is 10.0 Å². The average molecular weight is 309 g/mol. The van der Waals surface area contributed by atoms with Crippen LogP contribution >= 0.6 is 34.5 Å². The predicted molar refractivity (Wildman–Crippen MR) is 82.1 cm³/mol. The summed E-state index contributed by atoms with van der Waals surface area (Å²) in [6, 6.07) is 7.61. The lowest BCUT2D eigenvalue weighted by Crippen LogP contribution is -1.83. The Balaban J connectivity index is 2.14. The van der Waals surface area contributed by atoms with Crippen molar-refractivity contribution in [1.82, 2.24) is 9.97 Å². The molecule has 0 unspecified atom stereocenters. The number of aromatic nitrogens is 2. The van der Waals surface area contributed by atoms with Crippen molar-refractivity contribution >= 4 is 34.5 Å². The number of H-pyrrole nitrogens is 1. The van der Waals surface area contributed by atoms with E-state index in [2.05, 4.69) is 15.3 Å². The maximum Gasteiger partial charge on any atom is 0.139 e. The first kappa shape index (κ1) is 12.7. The third-order valence-corrected chi connectivity index (χ3v) is 4.39. The van der Waals surface area contributed by atoms with E-state index < -0.39 is 0 Å². The van der Waals surface area contributed by atoms with Crippen molar-refractivity contribution in [3.05, 3.63) is 50.8 Å². The highest BCUT2D eigenvalue weighted by molar-refractivity contribution is 7.08. The second-order valence-corrected chi connectivity index (χ2v) is 5.74. The van der Waals surface area contributed by atoms with Gasteiger partial charge in [0.25, 0.3) is 0 Å². The van der Waals surface area contributed by atoms with Crippen molar-refractivity contribution in [1.29, 1.82) is 0 Å². The second-order valence-electron chi connectivity index (χ2n) is 4.17. The molecule has 3 aromatic rings. The molecule has 5 heteroatoms. The minimum Gasteiger partial charge on any atom is -0.342 e. The van der Waals surface area contributed by atoms with Gasteiger partial charge < -0.3 is 4.98 Å². The molecule has 2 nitrogen and oxygen atoms in total. The largest absolute Gasteiger partial charge is 0.342 e. The van der Waals surface area contributed by atoms with E-state index in [1.807, 2.05) is 30.5 Å². The van der Waals surface area contributed by atoms with Crippen molar-refractivity contribution in [3.63, 3.8) is 0 Å². The Hall–Kier alpha value is -1.29. The zero-order valence-corrected chi connectivity index (χ0v) is 12.4. The van der Waals surface area contributed by atoms with Crippen LogP contribution in [0.15, 0.2) is 35.0 Å². The first-order valence-electron chi connectivity index (χ1n) is 5.70. The van der Waals surface area contributed by atoms with Gasteiger partial charge in [-0.1, -0.05) is 35.3 Å². The minimum atomic E-state index is 0.538. The Morgan fingerprint density at radius 1 is 1.21 bits per heavy atom. The van der Waals surface area contributed by atoms with Gasteiger partial charge in [0.05, 0.1) is 15.7 Å². The number of nitrogens with zero attached hydrogens (tertiary/aromatic N) is 1. The summed E-state index contributed by atoms with van der Waals surface area (Å²) in [7, 11) is 0. The number of aromatic amines is 1.